The fraction of sp³-hybridized carbons (Fsp3) is 0.143. The fourth-order valence-corrected chi connectivity index (χ4v) is 3.97. The summed E-state index contributed by atoms with van der Waals surface area (Å²) in [6.07, 6.45) is 1.64. The molecule has 3 aromatic carbocycles. The third-order valence-corrected chi connectivity index (χ3v) is 6.00. The van der Waals surface area contributed by atoms with Crippen molar-refractivity contribution in [2.75, 3.05) is 0 Å². The van der Waals surface area contributed by atoms with E-state index in [4.69, 9.17) is 0 Å². The van der Waals surface area contributed by atoms with E-state index in [1.807, 2.05) is 79.2 Å². The average Bonchev–Trinajstić information content (AvgIpc) is 3.50. The Labute approximate surface area is 214 Å². The average molecular weight is 491 g/mol. The number of hydrogen-bond acceptors (Lipinski definition) is 6. The summed E-state index contributed by atoms with van der Waals surface area (Å²) in [4.78, 5) is 14.1. The number of aryl methyl sites for hydroxylation is 1. The van der Waals surface area contributed by atoms with E-state index in [-0.39, 0.29) is 5.91 Å². The molecule has 9 heteroatoms. The maximum atomic E-state index is 12.6. The van der Waals surface area contributed by atoms with E-state index in [0.29, 0.717) is 24.5 Å². The summed E-state index contributed by atoms with van der Waals surface area (Å²) < 4.78 is 1.94. The molecule has 0 aliphatic heterocycles. The van der Waals surface area contributed by atoms with Gasteiger partial charge in [-0.05, 0) is 42.3 Å². The molecule has 0 saturated carbocycles. The van der Waals surface area contributed by atoms with Gasteiger partial charge in [0.2, 0.25) is 5.82 Å². The van der Waals surface area contributed by atoms with Crippen molar-refractivity contribution in [1.29, 1.82) is 0 Å². The van der Waals surface area contributed by atoms with E-state index in [1.165, 1.54) is 10.4 Å². The van der Waals surface area contributed by atoms with Crippen LogP contribution in [0, 0.1) is 13.8 Å². The van der Waals surface area contributed by atoms with Gasteiger partial charge >= 0.3 is 0 Å². The van der Waals surface area contributed by atoms with Crippen LogP contribution in [0.25, 0.3) is 11.4 Å². The zero-order chi connectivity index (χ0) is 25.6. The molecule has 9 nitrogen and oxygen atoms in total. The van der Waals surface area contributed by atoms with Gasteiger partial charge in [-0.1, -0.05) is 72.8 Å². The van der Waals surface area contributed by atoms with Gasteiger partial charge in [-0.2, -0.15) is 15.0 Å². The minimum absolute atomic E-state index is 0.292. The molecule has 0 atom stereocenters. The lowest BCUT2D eigenvalue weighted by atomic mass is 10.1. The minimum atomic E-state index is -0.292. The van der Waals surface area contributed by atoms with Gasteiger partial charge < -0.3 is 0 Å². The molecule has 0 fully saturated rings. The number of hydrazone groups is 1. The highest BCUT2D eigenvalue weighted by atomic mass is 16.2. The van der Waals surface area contributed by atoms with Crippen molar-refractivity contribution in [2.45, 2.75) is 26.9 Å². The van der Waals surface area contributed by atoms with Crippen LogP contribution in [0.2, 0.25) is 0 Å². The van der Waals surface area contributed by atoms with Crippen LogP contribution in [0.15, 0.2) is 90.0 Å². The van der Waals surface area contributed by atoms with E-state index >= 15 is 0 Å². The van der Waals surface area contributed by atoms with E-state index in [0.717, 1.165) is 28.1 Å². The Morgan fingerprint density at radius 3 is 2.27 bits per heavy atom. The Balaban J connectivity index is 1.19. The highest BCUT2D eigenvalue weighted by molar-refractivity contribution is 5.95. The first-order valence-corrected chi connectivity index (χ1v) is 11.9. The Bertz CT molecular complexity index is 1520. The maximum Gasteiger partial charge on any atom is 0.271 e. The maximum absolute atomic E-state index is 12.6. The Morgan fingerprint density at radius 1 is 0.865 bits per heavy atom. The van der Waals surface area contributed by atoms with Crippen LogP contribution in [0.3, 0.4) is 0 Å². The Kier molecular flexibility index (Phi) is 6.93. The Morgan fingerprint density at radius 2 is 1.54 bits per heavy atom. The number of nitrogens with zero attached hydrogens (tertiary/aromatic N) is 7. The summed E-state index contributed by atoms with van der Waals surface area (Å²) in [7, 11) is 0. The predicted octanol–water partition coefficient (Wildman–Crippen LogP) is 4.01. The molecule has 2 aromatic heterocycles. The molecule has 1 amide bonds. The summed E-state index contributed by atoms with van der Waals surface area (Å²) in [6, 6.07) is 27.1. The number of benzene rings is 3. The number of hydrogen-bond donors (Lipinski definition) is 1. The molecule has 2 heterocycles. The lowest BCUT2D eigenvalue weighted by Crippen LogP contribution is -2.17. The van der Waals surface area contributed by atoms with Crippen LogP contribution in [0.1, 0.15) is 38.4 Å². The van der Waals surface area contributed by atoms with Gasteiger partial charge in [0.05, 0.1) is 25.0 Å². The topological polar surface area (TPSA) is 103 Å². The van der Waals surface area contributed by atoms with E-state index in [9.17, 15) is 4.79 Å². The van der Waals surface area contributed by atoms with Crippen LogP contribution < -0.4 is 5.43 Å². The lowest BCUT2D eigenvalue weighted by molar-refractivity contribution is 0.0955. The van der Waals surface area contributed by atoms with Crippen molar-refractivity contribution < 1.29 is 4.79 Å². The van der Waals surface area contributed by atoms with Crippen LogP contribution in [-0.4, -0.2) is 42.1 Å². The quantitative estimate of drug-likeness (QED) is 0.261. The molecular weight excluding hydrogens is 464 g/mol. The minimum Gasteiger partial charge on any atom is -0.267 e. The second-order valence-corrected chi connectivity index (χ2v) is 8.63. The molecule has 0 spiro atoms. The number of carbonyl (C=O) groups excluding carboxylic acids is 1. The molecule has 1 N–H and O–H groups in total. The molecule has 184 valence electrons. The smallest absolute Gasteiger partial charge is 0.267 e. The van der Waals surface area contributed by atoms with E-state index in [2.05, 4.69) is 43.2 Å². The first-order valence-electron chi connectivity index (χ1n) is 11.9. The van der Waals surface area contributed by atoms with E-state index < -0.39 is 0 Å². The first kappa shape index (κ1) is 23.8. The highest BCUT2D eigenvalue weighted by Gasteiger charge is 2.11. The number of carbonyl (C=O) groups is 1. The van der Waals surface area contributed by atoms with Crippen molar-refractivity contribution in [3.05, 3.63) is 119 Å². The van der Waals surface area contributed by atoms with Crippen molar-refractivity contribution in [1.82, 2.24) is 35.4 Å². The third-order valence-electron chi connectivity index (χ3n) is 6.00. The van der Waals surface area contributed by atoms with Crippen LogP contribution in [-0.2, 0) is 13.1 Å². The zero-order valence-corrected chi connectivity index (χ0v) is 20.6. The standard InChI is InChI=1S/C28H26N8O/c1-20-26(21(2)35(32-20)18-22-9-5-3-6-10-22)17-29-31-28(37)25-15-13-23(14-16-25)19-36-33-27(30-34-36)24-11-7-4-8-12-24/h3-17H,18-19H2,1-2H3,(H,31,37)/b29-17+. The summed E-state index contributed by atoms with van der Waals surface area (Å²) in [5.41, 5.74) is 8.88. The van der Waals surface area contributed by atoms with Gasteiger partial charge in [0, 0.05) is 22.4 Å². The van der Waals surface area contributed by atoms with Crippen molar-refractivity contribution in [3.8, 4) is 11.4 Å². The Hall–Kier alpha value is -4.92. The molecule has 0 radical (unpaired) electrons. The van der Waals surface area contributed by atoms with Gasteiger partial charge in [-0.15, -0.1) is 10.2 Å². The molecule has 5 aromatic rings. The van der Waals surface area contributed by atoms with Gasteiger partial charge in [-0.25, -0.2) is 5.43 Å². The zero-order valence-electron chi connectivity index (χ0n) is 20.6. The number of rotatable bonds is 8. The van der Waals surface area contributed by atoms with Crippen molar-refractivity contribution >= 4 is 12.1 Å². The van der Waals surface area contributed by atoms with Crippen molar-refractivity contribution in [3.63, 3.8) is 0 Å². The lowest BCUT2D eigenvalue weighted by Gasteiger charge is -2.04. The number of amides is 1. The summed E-state index contributed by atoms with van der Waals surface area (Å²) >= 11 is 0. The summed E-state index contributed by atoms with van der Waals surface area (Å²) in [6.45, 7) is 5.06. The van der Waals surface area contributed by atoms with Crippen LogP contribution >= 0.6 is 0 Å². The molecule has 0 saturated heterocycles. The number of nitrogens with one attached hydrogen (secondary N) is 1. The second-order valence-electron chi connectivity index (χ2n) is 8.63. The highest BCUT2D eigenvalue weighted by Crippen LogP contribution is 2.14. The second kappa shape index (κ2) is 10.8. The largest absolute Gasteiger partial charge is 0.271 e. The number of tetrazole rings is 1. The summed E-state index contributed by atoms with van der Waals surface area (Å²) in [5, 5.41) is 21.5. The van der Waals surface area contributed by atoms with Crippen molar-refractivity contribution in [2.24, 2.45) is 5.10 Å². The van der Waals surface area contributed by atoms with Gasteiger partial charge in [0.15, 0.2) is 0 Å². The molecule has 37 heavy (non-hydrogen) atoms. The molecule has 0 bridgehead atoms. The molecule has 0 aliphatic carbocycles. The number of aromatic nitrogens is 6. The van der Waals surface area contributed by atoms with Gasteiger partial charge in [0.25, 0.3) is 5.91 Å². The molecule has 0 unspecified atom stereocenters. The molecule has 0 aliphatic rings. The summed E-state index contributed by atoms with van der Waals surface area (Å²) in [5.74, 6) is 0.283. The van der Waals surface area contributed by atoms with E-state index in [1.54, 1.807) is 18.3 Å². The molecule has 5 rings (SSSR count). The van der Waals surface area contributed by atoms with Gasteiger partial charge in [0.1, 0.15) is 0 Å². The predicted molar refractivity (Wildman–Crippen MR) is 141 cm³/mol. The molecular formula is C28H26N8O. The monoisotopic (exact) mass is 490 g/mol. The fourth-order valence-electron chi connectivity index (χ4n) is 3.97. The third kappa shape index (κ3) is 5.67. The van der Waals surface area contributed by atoms with Crippen LogP contribution in [0.4, 0.5) is 0 Å². The first-order chi connectivity index (χ1) is 18.1. The van der Waals surface area contributed by atoms with Crippen LogP contribution in [0.5, 0.6) is 0 Å². The van der Waals surface area contributed by atoms with Gasteiger partial charge in [-0.3, -0.25) is 9.48 Å². The normalized spacial score (nSPS) is 11.2. The SMILES string of the molecule is Cc1nn(Cc2ccccc2)c(C)c1/C=N/NC(=O)c1ccc(Cn2nnc(-c3ccccc3)n2)cc1.